The summed E-state index contributed by atoms with van der Waals surface area (Å²) in [5.74, 6) is 0.728. The molecule has 0 aliphatic heterocycles. The van der Waals surface area contributed by atoms with E-state index in [1.807, 2.05) is 13.0 Å². The molecule has 0 heterocycles. The maximum absolute atomic E-state index is 11.8. The summed E-state index contributed by atoms with van der Waals surface area (Å²) in [6.07, 6.45) is 1.42. The van der Waals surface area contributed by atoms with Crippen LogP contribution in [0.25, 0.3) is 0 Å². The number of phenols is 1. The average molecular weight is 472 g/mol. The van der Waals surface area contributed by atoms with E-state index in [0.717, 1.165) is 4.47 Å². The van der Waals surface area contributed by atoms with E-state index in [1.165, 1.54) is 12.3 Å². The Kier molecular flexibility index (Phi) is 7.27. The molecule has 0 unspecified atom stereocenters. The molecular weight excluding hydrogens is 456 g/mol. The van der Waals surface area contributed by atoms with Crippen molar-refractivity contribution in [1.29, 1.82) is 0 Å². The molecule has 0 spiro atoms. The predicted molar refractivity (Wildman–Crippen MR) is 102 cm³/mol. The standard InChI is InChI=1S/C17H16Br2N2O4/c1-2-24-15-5-3-4-6-16(15)25-10-17(23)21-20-9-11-7-14(22)13(19)8-12(11)18/h3-9,22H,2,10H2,1H3,(H,21,23)/b20-9-. The van der Waals surface area contributed by atoms with Gasteiger partial charge in [-0.05, 0) is 47.1 Å². The van der Waals surface area contributed by atoms with Gasteiger partial charge in [-0.2, -0.15) is 5.10 Å². The lowest BCUT2D eigenvalue weighted by Crippen LogP contribution is -2.24. The highest BCUT2D eigenvalue weighted by Gasteiger charge is 2.07. The Bertz CT molecular complexity index is 781. The van der Waals surface area contributed by atoms with Gasteiger partial charge in [-0.1, -0.05) is 28.1 Å². The second-order valence-electron chi connectivity index (χ2n) is 4.79. The van der Waals surface area contributed by atoms with Crippen molar-refractivity contribution >= 4 is 44.0 Å². The quantitative estimate of drug-likeness (QED) is 0.474. The van der Waals surface area contributed by atoms with Gasteiger partial charge in [0.15, 0.2) is 18.1 Å². The van der Waals surface area contributed by atoms with Gasteiger partial charge in [0.25, 0.3) is 5.91 Å². The van der Waals surface area contributed by atoms with Crippen LogP contribution >= 0.6 is 31.9 Å². The summed E-state index contributed by atoms with van der Waals surface area (Å²) in [5, 5.41) is 13.5. The maximum atomic E-state index is 11.8. The molecule has 0 bridgehead atoms. The number of nitrogens with one attached hydrogen (secondary N) is 1. The van der Waals surface area contributed by atoms with Crippen molar-refractivity contribution in [3.63, 3.8) is 0 Å². The maximum Gasteiger partial charge on any atom is 0.277 e. The first-order valence-corrected chi connectivity index (χ1v) is 8.94. The number of phenolic OH excluding ortho intramolecular Hbond substituents is 1. The van der Waals surface area contributed by atoms with Gasteiger partial charge in [0.1, 0.15) is 5.75 Å². The van der Waals surface area contributed by atoms with Crippen LogP contribution in [-0.4, -0.2) is 30.4 Å². The number of halogens is 2. The number of benzene rings is 2. The van der Waals surface area contributed by atoms with Gasteiger partial charge in [0.2, 0.25) is 0 Å². The van der Waals surface area contributed by atoms with E-state index in [4.69, 9.17) is 9.47 Å². The molecule has 2 aromatic carbocycles. The summed E-state index contributed by atoms with van der Waals surface area (Å²) in [4.78, 5) is 11.8. The SMILES string of the molecule is CCOc1ccccc1OCC(=O)N/N=C\c1cc(O)c(Br)cc1Br. The molecule has 0 aliphatic rings. The molecule has 0 aromatic heterocycles. The fourth-order valence-corrected chi connectivity index (χ4v) is 2.94. The number of hydrogen-bond acceptors (Lipinski definition) is 5. The van der Waals surface area contributed by atoms with Crippen molar-refractivity contribution in [2.45, 2.75) is 6.92 Å². The van der Waals surface area contributed by atoms with Crippen molar-refractivity contribution in [1.82, 2.24) is 5.43 Å². The minimum Gasteiger partial charge on any atom is -0.507 e. The van der Waals surface area contributed by atoms with E-state index in [0.29, 0.717) is 28.1 Å². The molecule has 8 heteroatoms. The lowest BCUT2D eigenvalue weighted by atomic mass is 10.2. The van der Waals surface area contributed by atoms with Crippen molar-refractivity contribution in [2.75, 3.05) is 13.2 Å². The molecule has 0 saturated carbocycles. The van der Waals surface area contributed by atoms with Crippen molar-refractivity contribution in [2.24, 2.45) is 5.10 Å². The van der Waals surface area contributed by atoms with E-state index >= 15 is 0 Å². The van der Waals surface area contributed by atoms with Crippen LogP contribution < -0.4 is 14.9 Å². The van der Waals surface area contributed by atoms with Gasteiger partial charge in [0.05, 0.1) is 17.3 Å². The first kappa shape index (κ1) is 19.3. The van der Waals surface area contributed by atoms with Crippen LogP contribution in [0.4, 0.5) is 0 Å². The average Bonchev–Trinajstić information content (AvgIpc) is 2.59. The number of amides is 1. The minimum atomic E-state index is -0.417. The van der Waals surface area contributed by atoms with Crippen molar-refractivity contribution < 1.29 is 19.4 Å². The molecule has 6 nitrogen and oxygen atoms in total. The first-order valence-electron chi connectivity index (χ1n) is 7.35. The van der Waals surface area contributed by atoms with Gasteiger partial charge >= 0.3 is 0 Å². The molecule has 132 valence electrons. The molecule has 0 fully saturated rings. The fraction of sp³-hybridized carbons (Fsp3) is 0.176. The highest BCUT2D eigenvalue weighted by Crippen LogP contribution is 2.29. The summed E-state index contributed by atoms with van der Waals surface area (Å²) < 4.78 is 12.1. The Morgan fingerprint density at radius 1 is 1.20 bits per heavy atom. The second-order valence-corrected chi connectivity index (χ2v) is 6.50. The molecular formula is C17H16Br2N2O4. The largest absolute Gasteiger partial charge is 0.507 e. The summed E-state index contributed by atoms with van der Waals surface area (Å²) in [5.41, 5.74) is 2.98. The third-order valence-electron chi connectivity index (χ3n) is 2.97. The van der Waals surface area contributed by atoms with E-state index in [2.05, 4.69) is 42.4 Å². The number of ether oxygens (including phenoxy) is 2. The number of para-hydroxylation sites is 2. The van der Waals surface area contributed by atoms with Crippen LogP contribution in [0.15, 0.2) is 50.4 Å². The lowest BCUT2D eigenvalue weighted by molar-refractivity contribution is -0.123. The summed E-state index contributed by atoms with van der Waals surface area (Å²) >= 11 is 6.56. The summed E-state index contributed by atoms with van der Waals surface area (Å²) in [7, 11) is 0. The van der Waals surface area contributed by atoms with Crippen LogP contribution in [0.1, 0.15) is 12.5 Å². The second kappa shape index (κ2) is 9.43. The zero-order valence-electron chi connectivity index (χ0n) is 13.3. The highest BCUT2D eigenvalue weighted by atomic mass is 79.9. The van der Waals surface area contributed by atoms with E-state index in [1.54, 1.807) is 24.3 Å². The van der Waals surface area contributed by atoms with Crippen LogP contribution in [0, 0.1) is 0 Å². The van der Waals surface area contributed by atoms with Crippen LogP contribution in [0.5, 0.6) is 17.2 Å². The summed E-state index contributed by atoms with van der Waals surface area (Å²) in [6.45, 7) is 2.18. The Balaban J connectivity index is 1.90. The zero-order valence-corrected chi connectivity index (χ0v) is 16.5. The van der Waals surface area contributed by atoms with Crippen LogP contribution in [0.3, 0.4) is 0 Å². The van der Waals surface area contributed by atoms with Gasteiger partial charge < -0.3 is 14.6 Å². The molecule has 25 heavy (non-hydrogen) atoms. The fourth-order valence-electron chi connectivity index (χ4n) is 1.85. The number of hydrazone groups is 1. The minimum absolute atomic E-state index is 0.0758. The summed E-state index contributed by atoms with van der Waals surface area (Å²) in [6, 6.07) is 10.3. The van der Waals surface area contributed by atoms with Gasteiger partial charge in [0, 0.05) is 10.0 Å². The topological polar surface area (TPSA) is 80.2 Å². The van der Waals surface area contributed by atoms with Crippen molar-refractivity contribution in [3.8, 4) is 17.2 Å². The van der Waals surface area contributed by atoms with E-state index in [9.17, 15) is 9.90 Å². The molecule has 0 aliphatic carbocycles. The molecule has 1 amide bonds. The van der Waals surface area contributed by atoms with Gasteiger partial charge in [-0.25, -0.2) is 5.43 Å². The van der Waals surface area contributed by atoms with Gasteiger partial charge in [-0.15, -0.1) is 0 Å². The third kappa shape index (κ3) is 5.75. The highest BCUT2D eigenvalue weighted by molar-refractivity contribution is 9.11. The molecule has 0 radical (unpaired) electrons. The Hall–Kier alpha value is -2.06. The Morgan fingerprint density at radius 3 is 2.56 bits per heavy atom. The van der Waals surface area contributed by atoms with Gasteiger partial charge in [-0.3, -0.25) is 4.79 Å². The number of carbonyl (C=O) groups is 1. The van der Waals surface area contributed by atoms with E-state index < -0.39 is 5.91 Å². The zero-order chi connectivity index (χ0) is 18.2. The monoisotopic (exact) mass is 470 g/mol. The van der Waals surface area contributed by atoms with Crippen molar-refractivity contribution in [3.05, 3.63) is 50.9 Å². The number of aromatic hydroxyl groups is 1. The van der Waals surface area contributed by atoms with E-state index in [-0.39, 0.29) is 12.4 Å². The molecule has 0 atom stereocenters. The molecule has 2 rings (SSSR count). The first-order chi connectivity index (χ1) is 12.0. The molecule has 2 N–H and O–H groups in total. The molecule has 2 aromatic rings. The molecule has 0 saturated heterocycles. The lowest BCUT2D eigenvalue weighted by Gasteiger charge is -2.10. The Morgan fingerprint density at radius 2 is 1.88 bits per heavy atom. The Labute approximate surface area is 162 Å². The smallest absolute Gasteiger partial charge is 0.277 e. The normalized spacial score (nSPS) is 10.7. The van der Waals surface area contributed by atoms with Crippen LogP contribution in [-0.2, 0) is 4.79 Å². The number of nitrogens with zero attached hydrogens (tertiary/aromatic N) is 1. The number of carbonyl (C=O) groups excluding carboxylic acids is 1. The van der Waals surface area contributed by atoms with Crippen LogP contribution in [0.2, 0.25) is 0 Å². The number of hydrogen-bond donors (Lipinski definition) is 2. The predicted octanol–water partition coefficient (Wildman–Crippen LogP) is 3.85. The third-order valence-corrected chi connectivity index (χ3v) is 4.29. The number of rotatable bonds is 7.